The first-order valence-electron chi connectivity index (χ1n) is 7.06. The molecule has 0 unspecified atom stereocenters. The van der Waals surface area contributed by atoms with Crippen molar-refractivity contribution in [3.05, 3.63) is 5.01 Å². The highest BCUT2D eigenvalue weighted by molar-refractivity contribution is 7.15. The molecule has 0 atom stereocenters. The molecular formula is C13H22N4S. The Kier molecular flexibility index (Phi) is 3.52. The molecule has 1 saturated carbocycles. The van der Waals surface area contributed by atoms with Gasteiger partial charge in [0.2, 0.25) is 5.13 Å². The van der Waals surface area contributed by atoms with Gasteiger partial charge in [-0.3, -0.25) is 0 Å². The molecule has 1 N–H and O–H groups in total. The lowest BCUT2D eigenvalue weighted by Gasteiger charge is -2.34. The first-order valence-corrected chi connectivity index (χ1v) is 7.88. The van der Waals surface area contributed by atoms with E-state index in [1.165, 1.54) is 43.8 Å². The minimum absolute atomic E-state index is 0.583. The highest BCUT2D eigenvalue weighted by atomic mass is 32.1. The molecule has 100 valence electrons. The van der Waals surface area contributed by atoms with Crippen LogP contribution in [0.25, 0.3) is 0 Å². The van der Waals surface area contributed by atoms with Gasteiger partial charge in [-0.25, -0.2) is 0 Å². The van der Waals surface area contributed by atoms with Crippen molar-refractivity contribution in [2.24, 2.45) is 0 Å². The van der Waals surface area contributed by atoms with Gasteiger partial charge in [0.15, 0.2) is 0 Å². The number of anilines is 1. The Hall–Kier alpha value is -0.680. The number of aromatic nitrogens is 2. The number of piperidine rings is 1. The Morgan fingerprint density at radius 3 is 2.50 bits per heavy atom. The second-order valence-electron chi connectivity index (χ2n) is 5.77. The van der Waals surface area contributed by atoms with Crippen LogP contribution in [0.1, 0.15) is 50.5 Å². The summed E-state index contributed by atoms with van der Waals surface area (Å²) in [6, 6.07) is 1.26. The summed E-state index contributed by atoms with van der Waals surface area (Å²) in [6.45, 7) is 6.95. The SMILES string of the molecule is CC(C)N1CCC(Nc2nnc(C3CC3)s2)CC1. The van der Waals surface area contributed by atoms with E-state index in [-0.39, 0.29) is 0 Å². The predicted octanol–water partition coefficient (Wildman–Crippen LogP) is 2.70. The van der Waals surface area contributed by atoms with E-state index >= 15 is 0 Å². The molecule has 3 rings (SSSR count). The van der Waals surface area contributed by atoms with Gasteiger partial charge in [0.25, 0.3) is 0 Å². The van der Waals surface area contributed by atoms with Crippen LogP contribution in [0.4, 0.5) is 5.13 Å². The first-order chi connectivity index (χ1) is 8.72. The molecule has 1 saturated heterocycles. The zero-order valence-electron chi connectivity index (χ0n) is 11.2. The summed E-state index contributed by atoms with van der Waals surface area (Å²) in [5, 5.41) is 14.4. The van der Waals surface area contributed by atoms with Gasteiger partial charge < -0.3 is 10.2 Å². The van der Waals surface area contributed by atoms with Crippen LogP contribution in [0, 0.1) is 0 Å². The molecule has 0 aromatic carbocycles. The van der Waals surface area contributed by atoms with Crippen LogP contribution in [0.15, 0.2) is 0 Å². The Bertz CT molecular complexity index is 391. The summed E-state index contributed by atoms with van der Waals surface area (Å²) in [6.07, 6.45) is 5.05. The van der Waals surface area contributed by atoms with Crippen LogP contribution in [-0.2, 0) is 0 Å². The summed E-state index contributed by atoms with van der Waals surface area (Å²) in [7, 11) is 0. The zero-order valence-corrected chi connectivity index (χ0v) is 12.0. The molecule has 1 aliphatic carbocycles. The van der Waals surface area contributed by atoms with E-state index in [9.17, 15) is 0 Å². The monoisotopic (exact) mass is 266 g/mol. The minimum Gasteiger partial charge on any atom is -0.357 e. The number of likely N-dealkylation sites (tertiary alicyclic amines) is 1. The Morgan fingerprint density at radius 2 is 1.89 bits per heavy atom. The van der Waals surface area contributed by atoms with Crippen LogP contribution in [0.5, 0.6) is 0 Å². The van der Waals surface area contributed by atoms with E-state index < -0.39 is 0 Å². The van der Waals surface area contributed by atoms with Crippen LogP contribution in [0.2, 0.25) is 0 Å². The van der Waals surface area contributed by atoms with E-state index in [1.54, 1.807) is 11.3 Å². The maximum atomic E-state index is 4.28. The average molecular weight is 266 g/mol. The minimum atomic E-state index is 0.583. The molecule has 2 heterocycles. The Morgan fingerprint density at radius 1 is 1.17 bits per heavy atom. The number of nitrogens with one attached hydrogen (secondary N) is 1. The van der Waals surface area contributed by atoms with E-state index in [2.05, 4.69) is 34.3 Å². The average Bonchev–Trinajstić information content (AvgIpc) is 3.11. The second kappa shape index (κ2) is 5.13. The highest BCUT2D eigenvalue weighted by Crippen LogP contribution is 2.42. The standard InChI is InChI=1S/C13H22N4S/c1-9(2)17-7-5-11(6-8-17)14-13-16-15-12(18-13)10-3-4-10/h9-11H,3-8H2,1-2H3,(H,14,16). The summed E-state index contributed by atoms with van der Waals surface area (Å²) in [4.78, 5) is 2.55. The third-order valence-electron chi connectivity index (χ3n) is 3.95. The topological polar surface area (TPSA) is 41.0 Å². The van der Waals surface area contributed by atoms with Crippen molar-refractivity contribution in [2.45, 2.75) is 57.5 Å². The van der Waals surface area contributed by atoms with Crippen molar-refractivity contribution in [3.8, 4) is 0 Å². The van der Waals surface area contributed by atoms with Crippen molar-refractivity contribution >= 4 is 16.5 Å². The molecule has 4 nitrogen and oxygen atoms in total. The zero-order chi connectivity index (χ0) is 12.5. The summed E-state index contributed by atoms with van der Waals surface area (Å²) >= 11 is 1.76. The Labute approximate surface area is 113 Å². The number of nitrogens with zero attached hydrogens (tertiary/aromatic N) is 3. The molecule has 0 radical (unpaired) electrons. The lowest BCUT2D eigenvalue weighted by molar-refractivity contribution is 0.177. The first kappa shape index (κ1) is 12.4. The molecule has 0 spiro atoms. The quantitative estimate of drug-likeness (QED) is 0.909. The Balaban J connectivity index is 1.50. The molecule has 2 aliphatic rings. The van der Waals surface area contributed by atoms with E-state index in [1.807, 2.05) is 0 Å². The molecule has 1 aromatic heterocycles. The summed E-state index contributed by atoms with van der Waals surface area (Å²) in [5.74, 6) is 0.723. The number of hydrogen-bond acceptors (Lipinski definition) is 5. The van der Waals surface area contributed by atoms with Gasteiger partial charge in [0.1, 0.15) is 5.01 Å². The maximum absolute atomic E-state index is 4.28. The van der Waals surface area contributed by atoms with Crippen molar-refractivity contribution in [3.63, 3.8) is 0 Å². The molecule has 1 aliphatic heterocycles. The van der Waals surface area contributed by atoms with Crippen LogP contribution < -0.4 is 5.32 Å². The molecule has 18 heavy (non-hydrogen) atoms. The van der Waals surface area contributed by atoms with E-state index in [0.717, 1.165) is 11.0 Å². The maximum Gasteiger partial charge on any atom is 0.205 e. The normalized spacial score (nSPS) is 22.6. The molecule has 2 fully saturated rings. The van der Waals surface area contributed by atoms with Crippen LogP contribution in [0.3, 0.4) is 0 Å². The van der Waals surface area contributed by atoms with Crippen molar-refractivity contribution in [2.75, 3.05) is 18.4 Å². The van der Waals surface area contributed by atoms with Gasteiger partial charge in [-0.05, 0) is 39.5 Å². The second-order valence-corrected chi connectivity index (χ2v) is 6.78. The lowest BCUT2D eigenvalue weighted by Crippen LogP contribution is -2.42. The molecule has 0 bridgehead atoms. The fourth-order valence-corrected chi connectivity index (χ4v) is 3.51. The van der Waals surface area contributed by atoms with Gasteiger partial charge in [-0.1, -0.05) is 11.3 Å². The lowest BCUT2D eigenvalue weighted by atomic mass is 10.0. The number of hydrogen-bond donors (Lipinski definition) is 1. The smallest absolute Gasteiger partial charge is 0.205 e. The fraction of sp³-hybridized carbons (Fsp3) is 0.846. The van der Waals surface area contributed by atoms with Gasteiger partial charge in [0, 0.05) is 31.1 Å². The fourth-order valence-electron chi connectivity index (χ4n) is 2.52. The van der Waals surface area contributed by atoms with Crippen LogP contribution in [-0.4, -0.2) is 40.3 Å². The van der Waals surface area contributed by atoms with E-state index in [0.29, 0.717) is 12.1 Å². The molecule has 0 amide bonds. The van der Waals surface area contributed by atoms with Crippen molar-refractivity contribution < 1.29 is 0 Å². The van der Waals surface area contributed by atoms with Gasteiger partial charge in [0.05, 0.1) is 0 Å². The van der Waals surface area contributed by atoms with Crippen LogP contribution >= 0.6 is 11.3 Å². The molecular weight excluding hydrogens is 244 g/mol. The van der Waals surface area contributed by atoms with Crippen molar-refractivity contribution in [1.82, 2.24) is 15.1 Å². The third-order valence-corrected chi connectivity index (χ3v) is 4.97. The highest BCUT2D eigenvalue weighted by Gasteiger charge is 2.28. The van der Waals surface area contributed by atoms with Gasteiger partial charge in [-0.15, -0.1) is 10.2 Å². The van der Waals surface area contributed by atoms with Crippen molar-refractivity contribution in [1.29, 1.82) is 0 Å². The summed E-state index contributed by atoms with van der Waals surface area (Å²) in [5.41, 5.74) is 0. The molecule has 1 aromatic rings. The van der Waals surface area contributed by atoms with Gasteiger partial charge in [-0.2, -0.15) is 0 Å². The third kappa shape index (κ3) is 2.83. The molecule has 5 heteroatoms. The predicted molar refractivity (Wildman–Crippen MR) is 75.2 cm³/mol. The summed E-state index contributed by atoms with van der Waals surface area (Å²) < 4.78 is 0. The number of rotatable bonds is 4. The van der Waals surface area contributed by atoms with E-state index in [4.69, 9.17) is 0 Å². The largest absolute Gasteiger partial charge is 0.357 e. The van der Waals surface area contributed by atoms with Gasteiger partial charge >= 0.3 is 0 Å².